The van der Waals surface area contributed by atoms with Crippen LogP contribution in [0.5, 0.6) is 5.75 Å². The highest BCUT2D eigenvalue weighted by Crippen LogP contribution is 2.16. The van der Waals surface area contributed by atoms with Gasteiger partial charge in [-0.15, -0.1) is 0 Å². The zero-order valence-electron chi connectivity index (χ0n) is 11.7. The molecular weight excluding hydrogens is 258 g/mol. The van der Waals surface area contributed by atoms with Gasteiger partial charge in [-0.1, -0.05) is 17.3 Å². The van der Waals surface area contributed by atoms with Crippen LogP contribution in [-0.4, -0.2) is 21.9 Å². The van der Waals surface area contributed by atoms with Crippen LogP contribution in [0.1, 0.15) is 31.1 Å². The van der Waals surface area contributed by atoms with Crippen LogP contribution < -0.4 is 10.5 Å². The molecule has 6 heteroatoms. The molecule has 0 amide bonds. The Morgan fingerprint density at radius 1 is 1.30 bits per heavy atom. The Morgan fingerprint density at radius 2 is 2.00 bits per heavy atom. The van der Waals surface area contributed by atoms with Gasteiger partial charge in [0.25, 0.3) is 5.89 Å². The predicted molar refractivity (Wildman–Crippen MR) is 73.1 cm³/mol. The molecule has 0 aliphatic carbocycles. The zero-order valence-corrected chi connectivity index (χ0v) is 11.7. The molecule has 0 aliphatic rings. The molecule has 0 saturated carbocycles. The predicted octanol–water partition coefficient (Wildman–Crippen LogP) is 1.38. The molecule has 2 aromatic rings. The van der Waals surface area contributed by atoms with Crippen LogP contribution >= 0.6 is 0 Å². The number of aliphatic hydroxyl groups excluding tert-OH is 1. The van der Waals surface area contributed by atoms with Crippen molar-refractivity contribution in [2.75, 3.05) is 6.61 Å². The molecule has 0 bridgehead atoms. The smallest absolute Gasteiger partial charge is 0.264 e. The van der Waals surface area contributed by atoms with Gasteiger partial charge in [0.2, 0.25) is 0 Å². The monoisotopic (exact) mass is 277 g/mol. The third kappa shape index (κ3) is 3.79. The van der Waals surface area contributed by atoms with Gasteiger partial charge in [-0.25, -0.2) is 0 Å². The summed E-state index contributed by atoms with van der Waals surface area (Å²) in [5, 5.41) is 12.7. The molecule has 0 unspecified atom stereocenters. The Labute approximate surface area is 117 Å². The number of benzene rings is 1. The number of nitrogens with zero attached hydrogens (tertiary/aromatic N) is 2. The van der Waals surface area contributed by atoms with Crippen LogP contribution in [0.2, 0.25) is 0 Å². The minimum Gasteiger partial charge on any atom is -0.484 e. The molecule has 0 atom stereocenters. The molecular formula is C14H19N3O3. The number of ether oxygens (including phenoxy) is 1. The fraction of sp³-hybridized carbons (Fsp3) is 0.429. The highest BCUT2D eigenvalue weighted by molar-refractivity contribution is 5.27. The van der Waals surface area contributed by atoms with Crippen molar-refractivity contribution in [2.24, 2.45) is 5.73 Å². The second kappa shape index (κ2) is 6.02. The highest BCUT2D eigenvalue weighted by Gasteiger charge is 2.21. The number of aromatic nitrogens is 2. The fourth-order valence-electron chi connectivity index (χ4n) is 1.60. The molecule has 1 heterocycles. The lowest BCUT2D eigenvalue weighted by Gasteiger charge is -2.11. The van der Waals surface area contributed by atoms with E-state index in [2.05, 4.69) is 10.1 Å². The molecule has 108 valence electrons. The minimum atomic E-state index is -0.631. The lowest BCUT2D eigenvalue weighted by atomic mass is 10.1. The van der Waals surface area contributed by atoms with Crippen molar-refractivity contribution >= 4 is 0 Å². The van der Waals surface area contributed by atoms with Crippen molar-refractivity contribution in [2.45, 2.75) is 32.4 Å². The van der Waals surface area contributed by atoms with Gasteiger partial charge >= 0.3 is 0 Å². The number of aliphatic hydroxyl groups is 1. The molecule has 2 rings (SSSR count). The lowest BCUT2D eigenvalue weighted by molar-refractivity contribution is 0.241. The van der Waals surface area contributed by atoms with Crippen molar-refractivity contribution in [3.8, 4) is 5.75 Å². The summed E-state index contributed by atoms with van der Waals surface area (Å²) in [6.45, 7) is 3.95. The van der Waals surface area contributed by atoms with Crippen LogP contribution in [0.3, 0.4) is 0 Å². The molecule has 0 radical (unpaired) electrons. The van der Waals surface area contributed by atoms with E-state index < -0.39 is 5.54 Å². The minimum absolute atomic E-state index is 0.139. The second-order valence-electron chi connectivity index (χ2n) is 5.14. The van der Waals surface area contributed by atoms with Gasteiger partial charge in [0.15, 0.2) is 12.4 Å². The van der Waals surface area contributed by atoms with E-state index in [9.17, 15) is 0 Å². The molecule has 1 aromatic carbocycles. The average Bonchev–Trinajstić information content (AvgIpc) is 2.87. The molecule has 3 N–H and O–H groups in total. The Balaban J connectivity index is 1.93. The van der Waals surface area contributed by atoms with E-state index in [1.54, 1.807) is 0 Å². The van der Waals surface area contributed by atoms with Gasteiger partial charge in [-0.05, 0) is 38.0 Å². The van der Waals surface area contributed by atoms with Crippen molar-refractivity contribution in [3.05, 3.63) is 41.5 Å². The van der Waals surface area contributed by atoms with Crippen molar-refractivity contribution in [3.63, 3.8) is 0 Å². The Morgan fingerprint density at radius 3 is 2.55 bits per heavy atom. The Hall–Kier alpha value is -1.92. The standard InChI is InChI=1S/C14H19N3O3/c1-14(2,15)13-16-12(20-17-13)9-19-11-5-3-10(4-6-11)7-8-18/h3-6,18H,7-9,15H2,1-2H3. The number of nitrogens with two attached hydrogens (primary N) is 1. The fourth-order valence-corrected chi connectivity index (χ4v) is 1.60. The van der Waals surface area contributed by atoms with Gasteiger partial charge in [0, 0.05) is 6.61 Å². The van der Waals surface area contributed by atoms with E-state index in [1.165, 1.54) is 0 Å². The first-order valence-corrected chi connectivity index (χ1v) is 6.43. The molecule has 6 nitrogen and oxygen atoms in total. The van der Waals surface area contributed by atoms with Crippen LogP contribution in [0.4, 0.5) is 0 Å². The summed E-state index contributed by atoms with van der Waals surface area (Å²) in [6.07, 6.45) is 0.638. The van der Waals surface area contributed by atoms with E-state index in [0.717, 1.165) is 5.56 Å². The van der Waals surface area contributed by atoms with Crippen LogP contribution in [0, 0.1) is 0 Å². The molecule has 0 aliphatic heterocycles. The maximum Gasteiger partial charge on any atom is 0.264 e. The van der Waals surface area contributed by atoms with E-state index in [1.807, 2.05) is 38.1 Å². The Bertz CT molecular complexity index is 544. The zero-order chi connectivity index (χ0) is 14.6. The van der Waals surface area contributed by atoms with E-state index >= 15 is 0 Å². The van der Waals surface area contributed by atoms with Crippen molar-refractivity contribution < 1.29 is 14.4 Å². The molecule has 0 saturated heterocycles. The highest BCUT2D eigenvalue weighted by atomic mass is 16.5. The molecule has 0 spiro atoms. The topological polar surface area (TPSA) is 94.4 Å². The SMILES string of the molecule is CC(C)(N)c1noc(COc2ccc(CCO)cc2)n1. The van der Waals surface area contributed by atoms with E-state index in [-0.39, 0.29) is 13.2 Å². The lowest BCUT2D eigenvalue weighted by Crippen LogP contribution is -2.30. The van der Waals surface area contributed by atoms with E-state index in [0.29, 0.717) is 23.9 Å². The third-order valence-electron chi connectivity index (χ3n) is 2.73. The van der Waals surface area contributed by atoms with E-state index in [4.69, 9.17) is 20.1 Å². The summed E-state index contributed by atoms with van der Waals surface area (Å²) in [7, 11) is 0. The van der Waals surface area contributed by atoms with Crippen molar-refractivity contribution in [1.82, 2.24) is 10.1 Å². The summed E-state index contributed by atoms with van der Waals surface area (Å²) in [5.41, 5.74) is 6.31. The molecule has 20 heavy (non-hydrogen) atoms. The summed E-state index contributed by atoms with van der Waals surface area (Å²) in [5.74, 6) is 1.55. The van der Waals surface area contributed by atoms with Gasteiger partial charge < -0.3 is 20.1 Å². The largest absolute Gasteiger partial charge is 0.484 e. The number of hydrogen-bond donors (Lipinski definition) is 2. The van der Waals surface area contributed by atoms with Gasteiger partial charge in [0.1, 0.15) is 5.75 Å². The first kappa shape index (κ1) is 14.5. The maximum absolute atomic E-state index is 8.84. The van der Waals surface area contributed by atoms with Gasteiger partial charge in [0.05, 0.1) is 5.54 Å². The summed E-state index contributed by atoms with van der Waals surface area (Å²) in [6, 6.07) is 7.51. The number of rotatable bonds is 6. The molecule has 1 aromatic heterocycles. The second-order valence-corrected chi connectivity index (χ2v) is 5.14. The van der Waals surface area contributed by atoms with Crippen molar-refractivity contribution in [1.29, 1.82) is 0 Å². The van der Waals surface area contributed by atoms with Crippen LogP contribution in [0.25, 0.3) is 0 Å². The number of hydrogen-bond acceptors (Lipinski definition) is 6. The van der Waals surface area contributed by atoms with Gasteiger partial charge in [-0.2, -0.15) is 4.98 Å². The maximum atomic E-state index is 8.84. The average molecular weight is 277 g/mol. The van der Waals surface area contributed by atoms with Gasteiger partial charge in [-0.3, -0.25) is 0 Å². The normalized spacial score (nSPS) is 11.6. The van der Waals surface area contributed by atoms with Crippen LogP contribution in [0.15, 0.2) is 28.8 Å². The first-order chi connectivity index (χ1) is 9.49. The van der Waals surface area contributed by atoms with Crippen LogP contribution in [-0.2, 0) is 18.6 Å². The third-order valence-corrected chi connectivity index (χ3v) is 2.73. The summed E-state index contributed by atoms with van der Waals surface area (Å²) < 4.78 is 10.6. The first-order valence-electron chi connectivity index (χ1n) is 6.43. The summed E-state index contributed by atoms with van der Waals surface area (Å²) >= 11 is 0. The Kier molecular flexibility index (Phi) is 4.36. The summed E-state index contributed by atoms with van der Waals surface area (Å²) in [4.78, 5) is 4.18. The quantitative estimate of drug-likeness (QED) is 0.828. The molecule has 0 fully saturated rings.